The number of aromatic nitrogens is 1. The van der Waals surface area contributed by atoms with Crippen molar-refractivity contribution in [1.29, 1.82) is 0 Å². The first-order chi connectivity index (χ1) is 16.5. The van der Waals surface area contributed by atoms with Crippen LogP contribution in [0.3, 0.4) is 0 Å². The number of pyridine rings is 1. The molecular weight excluding hydrogens is 480 g/mol. The number of benzene rings is 2. The van der Waals surface area contributed by atoms with Gasteiger partial charge < -0.3 is 9.57 Å². The molecule has 0 atom stereocenters. The van der Waals surface area contributed by atoms with Gasteiger partial charge in [-0.1, -0.05) is 12.1 Å². The number of carbonyl (C=O) groups excluding carboxylic acids is 1. The average Bonchev–Trinajstić information content (AvgIpc) is 3.18. The molecule has 1 amide bonds. The van der Waals surface area contributed by atoms with E-state index < -0.39 is 29.6 Å². The third-order valence-corrected chi connectivity index (χ3v) is 5.28. The zero-order valence-electron chi connectivity index (χ0n) is 18.0. The van der Waals surface area contributed by atoms with Crippen LogP contribution in [0.4, 0.5) is 42.5 Å². The van der Waals surface area contributed by atoms with E-state index in [1.807, 2.05) is 0 Å². The number of methoxy groups -OCH3 is 1. The van der Waals surface area contributed by atoms with Crippen molar-refractivity contribution < 1.29 is 40.7 Å². The second kappa shape index (κ2) is 9.01. The van der Waals surface area contributed by atoms with Crippen LogP contribution in [0.1, 0.15) is 16.7 Å². The van der Waals surface area contributed by atoms with Crippen molar-refractivity contribution in [3.05, 3.63) is 71.5 Å². The number of amides is 1. The molecule has 1 aliphatic heterocycles. The van der Waals surface area contributed by atoms with Gasteiger partial charge in [0.2, 0.25) is 0 Å². The van der Waals surface area contributed by atoms with Crippen molar-refractivity contribution in [3.63, 3.8) is 0 Å². The van der Waals surface area contributed by atoms with Gasteiger partial charge in [0.1, 0.15) is 5.75 Å². The maximum absolute atomic E-state index is 13.4. The van der Waals surface area contributed by atoms with E-state index in [9.17, 15) is 31.1 Å². The molecule has 1 aliphatic rings. The molecule has 0 saturated heterocycles. The number of rotatable bonds is 4. The quantitative estimate of drug-likeness (QED) is 0.428. The topological polar surface area (TPSA) is 63.7 Å². The van der Waals surface area contributed by atoms with Gasteiger partial charge in [0.15, 0.2) is 0 Å². The Morgan fingerprint density at radius 3 is 2.31 bits per heavy atom. The molecule has 0 bridgehead atoms. The molecule has 0 spiro atoms. The molecule has 3 aromatic rings. The fourth-order valence-electron chi connectivity index (χ4n) is 3.63. The number of nitrogens with one attached hydrogen (secondary N) is 1. The summed E-state index contributed by atoms with van der Waals surface area (Å²) in [5.41, 5.74) is -0.141. The van der Waals surface area contributed by atoms with Gasteiger partial charge in [-0.3, -0.25) is 10.3 Å². The lowest BCUT2D eigenvalue weighted by Crippen LogP contribution is -2.28. The van der Waals surface area contributed by atoms with Crippen LogP contribution in [0.25, 0.3) is 11.1 Å². The maximum atomic E-state index is 13.4. The molecule has 4 rings (SSSR count). The third kappa shape index (κ3) is 5.26. The van der Waals surface area contributed by atoms with Gasteiger partial charge in [0, 0.05) is 11.8 Å². The van der Waals surface area contributed by atoms with Crippen LogP contribution in [-0.4, -0.2) is 24.7 Å². The molecule has 184 valence electrons. The highest BCUT2D eigenvalue weighted by molar-refractivity contribution is 5.86. The van der Waals surface area contributed by atoms with Crippen LogP contribution in [0.2, 0.25) is 0 Å². The Bertz CT molecular complexity index is 1240. The highest BCUT2D eigenvalue weighted by atomic mass is 19.4. The summed E-state index contributed by atoms with van der Waals surface area (Å²) in [7, 11) is 1.14. The first-order valence-corrected chi connectivity index (χ1v) is 10.1. The minimum Gasteiger partial charge on any atom is -0.496 e. The van der Waals surface area contributed by atoms with E-state index in [1.54, 1.807) is 0 Å². The summed E-state index contributed by atoms with van der Waals surface area (Å²) in [6, 6.07) is 8.00. The first kappa shape index (κ1) is 24.2. The Kier molecular flexibility index (Phi) is 6.22. The van der Waals surface area contributed by atoms with Gasteiger partial charge in [0.25, 0.3) is 0 Å². The van der Waals surface area contributed by atoms with Crippen molar-refractivity contribution in [1.82, 2.24) is 4.98 Å². The minimum atomic E-state index is -4.67. The number of alkyl halides is 6. The molecule has 12 heteroatoms. The van der Waals surface area contributed by atoms with E-state index in [0.29, 0.717) is 23.1 Å². The van der Waals surface area contributed by atoms with E-state index in [4.69, 9.17) is 9.57 Å². The summed E-state index contributed by atoms with van der Waals surface area (Å²) in [5, 5.41) is 3.47. The highest BCUT2D eigenvalue weighted by Gasteiger charge is 2.37. The predicted molar refractivity (Wildman–Crippen MR) is 114 cm³/mol. The number of fused-ring (bicyclic) bond motifs is 1. The summed E-state index contributed by atoms with van der Waals surface area (Å²) in [4.78, 5) is 21.6. The van der Waals surface area contributed by atoms with Crippen LogP contribution in [0, 0.1) is 0 Å². The molecule has 0 unspecified atom stereocenters. The van der Waals surface area contributed by atoms with E-state index in [0.717, 1.165) is 30.4 Å². The smallest absolute Gasteiger partial charge is 0.436 e. The molecule has 1 aromatic heterocycles. The molecule has 2 aromatic carbocycles. The van der Waals surface area contributed by atoms with Crippen molar-refractivity contribution in [2.75, 3.05) is 24.0 Å². The molecule has 6 nitrogen and oxygen atoms in total. The molecule has 0 saturated carbocycles. The second-order valence-corrected chi connectivity index (χ2v) is 7.57. The lowest BCUT2D eigenvalue weighted by molar-refractivity contribution is -0.139. The van der Waals surface area contributed by atoms with Crippen molar-refractivity contribution in [2.24, 2.45) is 0 Å². The summed E-state index contributed by atoms with van der Waals surface area (Å²) in [6.45, 7) is 0.136. The number of ether oxygens (including phenoxy) is 1. The van der Waals surface area contributed by atoms with Crippen LogP contribution in [0.5, 0.6) is 5.75 Å². The molecule has 2 heterocycles. The van der Waals surface area contributed by atoms with Crippen molar-refractivity contribution >= 4 is 17.5 Å². The van der Waals surface area contributed by atoms with Gasteiger partial charge in [-0.2, -0.15) is 26.3 Å². The van der Waals surface area contributed by atoms with E-state index in [-0.39, 0.29) is 23.7 Å². The summed E-state index contributed by atoms with van der Waals surface area (Å²) >= 11 is 0. The van der Waals surface area contributed by atoms with Crippen molar-refractivity contribution in [2.45, 2.75) is 18.8 Å². The zero-order valence-corrected chi connectivity index (χ0v) is 18.0. The fourth-order valence-corrected chi connectivity index (χ4v) is 3.63. The Morgan fingerprint density at radius 2 is 1.69 bits per heavy atom. The molecule has 0 radical (unpaired) electrons. The van der Waals surface area contributed by atoms with Gasteiger partial charge in [0.05, 0.1) is 42.4 Å². The van der Waals surface area contributed by atoms with Crippen LogP contribution >= 0.6 is 0 Å². The van der Waals surface area contributed by atoms with Crippen molar-refractivity contribution in [3.8, 4) is 16.9 Å². The number of hydroxylamine groups is 1. The van der Waals surface area contributed by atoms with E-state index in [2.05, 4.69) is 10.3 Å². The Hall–Kier alpha value is -3.96. The fraction of sp³-hybridized carbons (Fsp3) is 0.217. The number of hydrogen-bond donors (Lipinski definition) is 1. The Balaban J connectivity index is 1.48. The number of anilines is 2. The summed E-state index contributed by atoms with van der Waals surface area (Å²) in [5.74, 6) is -0.325. The third-order valence-electron chi connectivity index (χ3n) is 5.28. The molecule has 0 aliphatic carbocycles. The monoisotopic (exact) mass is 497 g/mol. The average molecular weight is 497 g/mol. The van der Waals surface area contributed by atoms with Gasteiger partial charge in [-0.05, 0) is 47.9 Å². The second-order valence-electron chi connectivity index (χ2n) is 7.57. The zero-order chi connectivity index (χ0) is 25.4. The number of halogens is 6. The minimum absolute atomic E-state index is 0.0879. The van der Waals surface area contributed by atoms with Crippen LogP contribution in [0.15, 0.2) is 54.9 Å². The largest absolute Gasteiger partial charge is 0.496 e. The first-order valence-electron chi connectivity index (χ1n) is 10.1. The summed E-state index contributed by atoms with van der Waals surface area (Å²) in [6.07, 6.45) is -7.08. The van der Waals surface area contributed by atoms with Gasteiger partial charge in [-0.15, -0.1) is 0 Å². The normalized spacial score (nSPS) is 13.4. The maximum Gasteiger partial charge on any atom is 0.436 e. The predicted octanol–water partition coefficient (Wildman–Crippen LogP) is 6.32. The SMILES string of the molecule is COc1cc2c(cc1C(F)(F)F)N(OC(=O)Nc1cncc(-c3ccc(C(F)(F)F)cc3)c1)CC2. The number of nitrogens with zero attached hydrogens (tertiary/aromatic N) is 2. The summed E-state index contributed by atoms with van der Waals surface area (Å²) < 4.78 is 83.2. The highest BCUT2D eigenvalue weighted by Crippen LogP contribution is 2.42. The van der Waals surface area contributed by atoms with E-state index in [1.165, 1.54) is 36.7 Å². The molecule has 0 fully saturated rings. The van der Waals surface area contributed by atoms with Crippen LogP contribution in [-0.2, 0) is 23.6 Å². The Labute approximate surface area is 195 Å². The standard InChI is InChI=1S/C23H17F6N3O3/c1-34-20-9-14-6-7-32(19(14)10-18(20)23(27,28)29)35-21(33)31-17-8-15(11-30-12-17)13-2-4-16(5-3-13)22(24,25)26/h2-5,8-12H,6-7H2,1H3,(H,31,33). The lowest BCUT2D eigenvalue weighted by atomic mass is 10.1. The lowest BCUT2D eigenvalue weighted by Gasteiger charge is -2.20. The van der Waals surface area contributed by atoms with Gasteiger partial charge >= 0.3 is 18.4 Å². The molecule has 1 N–H and O–H groups in total. The molecular formula is C23H17F6N3O3. The Morgan fingerprint density at radius 1 is 0.971 bits per heavy atom. The number of hydrogen-bond acceptors (Lipinski definition) is 5. The van der Waals surface area contributed by atoms with Crippen LogP contribution < -0.4 is 15.1 Å². The van der Waals surface area contributed by atoms with E-state index >= 15 is 0 Å². The van der Waals surface area contributed by atoms with Gasteiger partial charge in [-0.25, -0.2) is 9.86 Å². The molecule has 35 heavy (non-hydrogen) atoms. The number of carbonyl (C=O) groups is 1.